The van der Waals surface area contributed by atoms with E-state index in [9.17, 15) is 0 Å². The molecule has 0 spiro atoms. The monoisotopic (exact) mass is 550 g/mol. The molecule has 2 heterocycles. The third-order valence-electron chi connectivity index (χ3n) is 5.20. The van der Waals surface area contributed by atoms with Crippen molar-refractivity contribution in [2.24, 2.45) is 0 Å². The molecule has 8 heteroatoms. The second-order valence-electron chi connectivity index (χ2n) is 7.18. The molecule has 2 aromatic heterocycles. The molecule has 0 bridgehead atoms. The number of benzene rings is 3. The summed E-state index contributed by atoms with van der Waals surface area (Å²) in [5.41, 5.74) is 5.19. The summed E-state index contributed by atoms with van der Waals surface area (Å²) in [6.45, 7) is 0. The van der Waals surface area contributed by atoms with Crippen LogP contribution in [-0.2, 0) is 6.42 Å². The average molecular weight is 552 g/mol. The van der Waals surface area contributed by atoms with Crippen molar-refractivity contribution in [3.8, 4) is 0 Å². The zero-order chi connectivity index (χ0) is 23.2. The Balaban J connectivity index is 0.000000165. The van der Waals surface area contributed by atoms with E-state index in [1.807, 2.05) is 24.3 Å². The molecule has 0 saturated carbocycles. The van der Waals surface area contributed by atoms with Crippen molar-refractivity contribution in [2.45, 2.75) is 6.42 Å². The van der Waals surface area contributed by atoms with Gasteiger partial charge in [-0.05, 0) is 63.8 Å². The van der Waals surface area contributed by atoms with Gasteiger partial charge >= 0.3 is 0 Å². The third-order valence-corrected chi connectivity index (χ3v) is 7.59. The minimum atomic E-state index is -1.20. The van der Waals surface area contributed by atoms with Crippen LogP contribution >= 0.6 is 58.5 Å². The number of rotatable bonds is 2. The van der Waals surface area contributed by atoms with Crippen LogP contribution in [0.25, 0.3) is 27.9 Å². The van der Waals surface area contributed by atoms with Crippen LogP contribution in [-0.4, -0.2) is 8.68 Å². The number of hydrogen-bond acceptors (Lipinski definition) is 0. The molecule has 3 aromatic carbocycles. The Morgan fingerprint density at radius 2 is 1.09 bits per heavy atom. The largest absolute Gasteiger partial charge is 0.296 e. The van der Waals surface area contributed by atoms with Crippen molar-refractivity contribution in [1.29, 1.82) is 0 Å². The molecule has 168 valence electrons. The first kappa shape index (κ1) is 24.6. The van der Waals surface area contributed by atoms with Crippen molar-refractivity contribution in [2.75, 3.05) is 0 Å². The van der Waals surface area contributed by atoms with Gasteiger partial charge in [-0.2, -0.15) is 0 Å². The first-order valence-corrected chi connectivity index (χ1v) is 16.4. The van der Waals surface area contributed by atoms with Crippen LogP contribution in [0.15, 0.2) is 103 Å². The van der Waals surface area contributed by atoms with Gasteiger partial charge in [0.05, 0.1) is 11.0 Å². The minimum absolute atomic E-state index is 0.991. The Kier molecular flexibility index (Phi) is 8.78. The second-order valence-corrected chi connectivity index (χ2v) is 14.4. The lowest BCUT2D eigenvalue weighted by molar-refractivity contribution is 1.22. The van der Waals surface area contributed by atoms with Gasteiger partial charge in [0, 0.05) is 12.4 Å². The zero-order valence-electron chi connectivity index (χ0n) is 17.4. The highest BCUT2D eigenvalue weighted by Crippen LogP contribution is 2.51. The van der Waals surface area contributed by atoms with Gasteiger partial charge in [-0.15, -0.1) is 0 Å². The molecular weight excluding hydrogens is 532 g/mol. The smallest absolute Gasteiger partial charge is 0.206 e. The quantitative estimate of drug-likeness (QED) is 0.193. The third kappa shape index (κ3) is 6.14. The summed E-state index contributed by atoms with van der Waals surface area (Å²) in [7, 11) is -0.991. The van der Waals surface area contributed by atoms with E-state index >= 15 is 0 Å². The number of fused-ring (bicyclic) bond motifs is 3. The number of halogens is 4. The Hall–Kier alpha value is -1.50. The average Bonchev–Trinajstić information content (AvgIpc) is 3.56. The molecule has 0 unspecified atom stereocenters. The topological polar surface area (TPSA) is 9.86 Å². The molecule has 0 N–H and O–H groups in total. The Morgan fingerprint density at radius 1 is 0.606 bits per heavy atom. The fourth-order valence-corrected chi connectivity index (χ4v) is 5.80. The molecule has 5 aromatic rings. The van der Waals surface area contributed by atoms with E-state index in [0.29, 0.717) is 0 Å². The summed E-state index contributed by atoms with van der Waals surface area (Å²) in [5, 5.41) is 2.44. The maximum atomic E-state index is 6.76. The molecule has 2 nitrogen and oxygen atoms in total. The maximum Gasteiger partial charge on any atom is 0.206 e. The highest BCUT2D eigenvalue weighted by Gasteiger charge is 2.14. The molecule has 0 aliphatic heterocycles. The van der Waals surface area contributed by atoms with Gasteiger partial charge in [0.2, 0.25) is 7.58 Å². The minimum Gasteiger partial charge on any atom is -0.296 e. The summed E-state index contributed by atoms with van der Waals surface area (Å²) in [5.74, 6) is -1.20. The van der Waals surface area contributed by atoms with Gasteiger partial charge < -0.3 is 0 Å². The maximum absolute atomic E-state index is 6.76. The van der Waals surface area contributed by atoms with Gasteiger partial charge in [-0.1, -0.05) is 107 Å². The van der Waals surface area contributed by atoms with E-state index in [2.05, 4.69) is 93.9 Å². The van der Waals surface area contributed by atoms with Gasteiger partial charge in [-0.25, -0.2) is 0 Å². The fourth-order valence-electron chi connectivity index (χ4n) is 3.72. The van der Waals surface area contributed by atoms with Crippen molar-refractivity contribution in [3.05, 3.63) is 115 Å². The molecule has 1 aliphatic carbocycles. The van der Waals surface area contributed by atoms with E-state index in [-0.39, 0.29) is 0 Å². The SMILES string of the molecule is C1=Cc2ccccc2C1.ClP(Cl)Cl.ClP(n1ccc2ccccc21)n1ccc2ccccc21. The van der Waals surface area contributed by atoms with E-state index in [4.69, 9.17) is 45.0 Å². The van der Waals surface area contributed by atoms with Crippen LogP contribution in [0.3, 0.4) is 0 Å². The van der Waals surface area contributed by atoms with Crippen molar-refractivity contribution in [1.82, 2.24) is 8.68 Å². The highest BCUT2D eigenvalue weighted by molar-refractivity contribution is 8.20. The Morgan fingerprint density at radius 3 is 1.64 bits per heavy atom. The number of nitrogens with zero attached hydrogens (tertiary/aromatic N) is 2. The van der Waals surface area contributed by atoms with E-state index < -0.39 is 13.6 Å². The first-order chi connectivity index (χ1) is 16.0. The normalized spacial score (nSPS) is 11.9. The second kappa shape index (κ2) is 11.8. The van der Waals surface area contributed by atoms with Crippen molar-refractivity contribution in [3.63, 3.8) is 0 Å². The Bertz CT molecular complexity index is 1300. The summed E-state index contributed by atoms with van der Waals surface area (Å²) in [4.78, 5) is 0. The molecule has 1 aliphatic rings. The predicted molar refractivity (Wildman–Crippen MR) is 151 cm³/mol. The highest BCUT2D eigenvalue weighted by atomic mass is 36.0. The summed E-state index contributed by atoms with van der Waals surface area (Å²) >= 11 is 21.4. The number of para-hydroxylation sites is 2. The molecule has 0 fully saturated rings. The molecule has 0 saturated heterocycles. The van der Waals surface area contributed by atoms with Crippen LogP contribution in [0.4, 0.5) is 0 Å². The van der Waals surface area contributed by atoms with Crippen molar-refractivity contribution >= 4 is 86.4 Å². The van der Waals surface area contributed by atoms with Crippen LogP contribution in [0.1, 0.15) is 11.1 Å². The van der Waals surface area contributed by atoms with Crippen LogP contribution in [0, 0.1) is 0 Å². The molecule has 0 amide bonds. The van der Waals surface area contributed by atoms with Crippen molar-refractivity contribution < 1.29 is 0 Å². The summed E-state index contributed by atoms with van der Waals surface area (Å²) < 4.78 is 4.30. The lowest BCUT2D eigenvalue weighted by Crippen LogP contribution is -1.94. The van der Waals surface area contributed by atoms with E-state index in [1.165, 1.54) is 32.9 Å². The van der Waals surface area contributed by atoms with Crippen LogP contribution in [0.5, 0.6) is 0 Å². The standard InChI is InChI=1S/C16H12ClN2P.C9H8.Cl3P/c17-20(18-11-9-13-5-1-3-7-15(13)18)19-12-10-14-6-2-4-8-16(14)19;1-2-5-9-7-3-6-8(9)4-1;1-4(2)3/h1-12H;1-6H,7H2;. The number of allylic oxidation sites excluding steroid dienone is 1. The Labute approximate surface area is 215 Å². The lowest BCUT2D eigenvalue weighted by Gasteiger charge is -2.15. The number of hydrogen-bond donors (Lipinski definition) is 0. The summed E-state index contributed by atoms with van der Waals surface area (Å²) in [6, 6.07) is 29.4. The molecular formula is C25H20Cl4N2P2. The van der Waals surface area contributed by atoms with E-state index in [0.717, 1.165) is 6.42 Å². The summed E-state index contributed by atoms with van der Waals surface area (Å²) in [6.07, 6.45) is 9.63. The van der Waals surface area contributed by atoms with Crippen LogP contribution < -0.4 is 0 Å². The lowest BCUT2D eigenvalue weighted by atomic mass is 10.1. The van der Waals surface area contributed by atoms with Gasteiger partial charge in [0.1, 0.15) is 0 Å². The molecule has 0 radical (unpaired) electrons. The van der Waals surface area contributed by atoms with Gasteiger partial charge in [0.25, 0.3) is 0 Å². The molecule has 0 atom stereocenters. The van der Waals surface area contributed by atoms with Gasteiger partial charge in [-0.3, -0.25) is 8.68 Å². The molecule has 6 rings (SSSR count). The van der Waals surface area contributed by atoms with E-state index in [1.54, 1.807) is 0 Å². The first-order valence-electron chi connectivity index (χ1n) is 10.1. The van der Waals surface area contributed by atoms with Gasteiger partial charge in [0.15, 0.2) is 5.98 Å². The number of aromatic nitrogens is 2. The zero-order valence-corrected chi connectivity index (χ0v) is 22.2. The molecule has 33 heavy (non-hydrogen) atoms. The predicted octanol–water partition coefficient (Wildman–Crippen LogP) is 10.6. The fraction of sp³-hybridized carbons (Fsp3) is 0.0400. The van der Waals surface area contributed by atoms with Crippen LogP contribution in [0.2, 0.25) is 0 Å².